The fourth-order valence-corrected chi connectivity index (χ4v) is 2.81. The first-order chi connectivity index (χ1) is 12.5. The number of nitrogens with two attached hydrogens (primary N) is 1. The summed E-state index contributed by atoms with van der Waals surface area (Å²) >= 11 is 0. The fraction of sp³-hybridized carbons (Fsp3) is 0.0526. The van der Waals surface area contributed by atoms with Gasteiger partial charge in [0.15, 0.2) is 0 Å². The van der Waals surface area contributed by atoms with E-state index in [0.717, 1.165) is 5.56 Å². The van der Waals surface area contributed by atoms with Crippen LogP contribution in [0, 0.1) is 39.7 Å². The summed E-state index contributed by atoms with van der Waals surface area (Å²) in [5, 5.41) is 30.2. The summed E-state index contributed by atoms with van der Waals surface area (Å²) < 4.78 is 1.58. The van der Waals surface area contributed by atoms with E-state index in [1.807, 2.05) is 43.3 Å². The normalized spacial score (nSPS) is 10.1. The molecular weight excluding hydrogens is 330 g/mol. The Bertz CT molecular complexity index is 1100. The van der Waals surface area contributed by atoms with Crippen molar-refractivity contribution >= 4 is 11.5 Å². The van der Waals surface area contributed by atoms with E-state index in [-0.39, 0.29) is 22.6 Å². The number of hydrogen-bond acceptors (Lipinski definition) is 5. The van der Waals surface area contributed by atoms with Gasteiger partial charge in [-0.3, -0.25) is 14.7 Å². The van der Waals surface area contributed by atoms with E-state index >= 15 is 0 Å². The molecule has 0 aliphatic carbocycles. The lowest BCUT2D eigenvalue weighted by Gasteiger charge is -2.12. The second-order valence-corrected chi connectivity index (χ2v) is 5.69. The Hall–Kier alpha value is -4.10. The molecule has 3 rings (SSSR count). The van der Waals surface area contributed by atoms with Gasteiger partial charge in [0.05, 0.1) is 16.2 Å². The maximum Gasteiger partial charge on any atom is 0.270 e. The molecule has 0 saturated heterocycles. The molecule has 0 unspecified atom stereocenters. The van der Waals surface area contributed by atoms with Gasteiger partial charge in [0.2, 0.25) is 0 Å². The highest BCUT2D eigenvalue weighted by atomic mass is 16.6. The minimum Gasteiger partial charge on any atom is -0.384 e. The quantitative estimate of drug-likeness (QED) is 0.574. The topological polar surface area (TPSA) is 122 Å². The molecule has 126 valence electrons. The van der Waals surface area contributed by atoms with E-state index in [2.05, 4.69) is 0 Å². The van der Waals surface area contributed by atoms with Crippen molar-refractivity contribution in [3.63, 3.8) is 0 Å². The van der Waals surface area contributed by atoms with Crippen LogP contribution >= 0.6 is 0 Å². The van der Waals surface area contributed by atoms with Gasteiger partial charge >= 0.3 is 0 Å². The molecule has 0 radical (unpaired) electrons. The molecular formula is C19H13N5O2. The Morgan fingerprint density at radius 2 is 1.73 bits per heavy atom. The molecule has 0 bridgehead atoms. The van der Waals surface area contributed by atoms with Gasteiger partial charge in [0.1, 0.15) is 23.5 Å². The van der Waals surface area contributed by atoms with Crippen molar-refractivity contribution in [2.45, 2.75) is 6.92 Å². The van der Waals surface area contributed by atoms with Crippen LogP contribution in [0.1, 0.15) is 16.7 Å². The Kier molecular flexibility index (Phi) is 4.14. The van der Waals surface area contributed by atoms with E-state index < -0.39 is 4.92 Å². The first-order valence-electron chi connectivity index (χ1n) is 7.64. The number of non-ortho nitro benzene ring substituents is 1. The van der Waals surface area contributed by atoms with Crippen molar-refractivity contribution in [1.82, 2.24) is 4.57 Å². The average Bonchev–Trinajstić information content (AvgIpc) is 2.94. The molecule has 0 atom stereocenters. The number of nitriles is 2. The second-order valence-electron chi connectivity index (χ2n) is 5.69. The molecule has 2 N–H and O–H groups in total. The highest BCUT2D eigenvalue weighted by Gasteiger charge is 2.24. The van der Waals surface area contributed by atoms with Gasteiger partial charge in [0.25, 0.3) is 5.69 Å². The Morgan fingerprint density at radius 3 is 2.31 bits per heavy atom. The summed E-state index contributed by atoms with van der Waals surface area (Å²) in [6.07, 6.45) is 0. The molecule has 2 aromatic carbocycles. The maximum atomic E-state index is 11.1. The number of aryl methyl sites for hydroxylation is 1. The zero-order valence-corrected chi connectivity index (χ0v) is 13.8. The lowest BCUT2D eigenvalue weighted by atomic mass is 10.0. The zero-order valence-electron chi connectivity index (χ0n) is 13.8. The number of nitro benzene ring substituents is 1. The maximum absolute atomic E-state index is 11.1. The predicted molar refractivity (Wildman–Crippen MR) is 96.4 cm³/mol. The van der Waals surface area contributed by atoms with Gasteiger partial charge in [-0.1, -0.05) is 29.8 Å². The van der Waals surface area contributed by atoms with Gasteiger partial charge in [-0.25, -0.2) is 0 Å². The van der Waals surface area contributed by atoms with E-state index in [1.165, 1.54) is 18.2 Å². The van der Waals surface area contributed by atoms with Crippen LogP contribution in [0.2, 0.25) is 0 Å². The molecule has 26 heavy (non-hydrogen) atoms. The Balaban J connectivity index is 2.39. The monoisotopic (exact) mass is 343 g/mol. The number of benzene rings is 2. The molecule has 1 aromatic heterocycles. The van der Waals surface area contributed by atoms with Crippen molar-refractivity contribution in [2.75, 3.05) is 5.73 Å². The van der Waals surface area contributed by atoms with Crippen LogP contribution in [0.15, 0.2) is 48.5 Å². The highest BCUT2D eigenvalue weighted by molar-refractivity contribution is 5.81. The minimum atomic E-state index is -0.511. The van der Waals surface area contributed by atoms with Crippen LogP contribution in [0.5, 0.6) is 0 Å². The minimum absolute atomic E-state index is 0.0505. The number of nitro groups is 1. The Morgan fingerprint density at radius 1 is 1.08 bits per heavy atom. The van der Waals surface area contributed by atoms with Gasteiger partial charge in [-0.05, 0) is 19.1 Å². The van der Waals surface area contributed by atoms with E-state index in [0.29, 0.717) is 16.9 Å². The average molecular weight is 343 g/mol. The summed E-state index contributed by atoms with van der Waals surface area (Å²) in [5.41, 5.74) is 8.67. The zero-order chi connectivity index (χ0) is 18.8. The van der Waals surface area contributed by atoms with Crippen molar-refractivity contribution in [1.29, 1.82) is 10.5 Å². The van der Waals surface area contributed by atoms with E-state index in [4.69, 9.17) is 5.73 Å². The molecule has 0 aliphatic rings. The molecule has 1 heterocycles. The van der Waals surface area contributed by atoms with Crippen LogP contribution in [-0.4, -0.2) is 9.49 Å². The number of nitrogens with zero attached hydrogens (tertiary/aromatic N) is 4. The van der Waals surface area contributed by atoms with Crippen molar-refractivity contribution in [3.8, 4) is 29.1 Å². The molecule has 0 saturated carbocycles. The first kappa shape index (κ1) is 16.7. The Labute approximate surface area is 149 Å². The molecule has 7 heteroatoms. The van der Waals surface area contributed by atoms with Crippen LogP contribution in [0.25, 0.3) is 16.9 Å². The second kappa shape index (κ2) is 6.42. The summed E-state index contributed by atoms with van der Waals surface area (Å²) in [7, 11) is 0. The standard InChI is InChI=1S/C19H13N5O2/c1-12-5-7-14(8-6-12)23-18(16(10-20)17(11-21)19(23)22)13-3-2-4-15(9-13)24(25)26/h2-9H,22H2,1H3. The third kappa shape index (κ3) is 2.64. The molecule has 0 fully saturated rings. The summed E-state index contributed by atoms with van der Waals surface area (Å²) in [4.78, 5) is 10.6. The molecule has 0 spiro atoms. The predicted octanol–water partition coefficient (Wildman–Crippen LogP) is 3.69. The SMILES string of the molecule is Cc1ccc(-n2c(N)c(C#N)c(C#N)c2-c2cccc([N+](=O)[O-])c2)cc1. The van der Waals surface area contributed by atoms with Gasteiger partial charge in [-0.2, -0.15) is 10.5 Å². The molecule has 7 nitrogen and oxygen atoms in total. The summed E-state index contributed by atoms with van der Waals surface area (Å²) in [5.74, 6) is 0.120. The number of aromatic nitrogens is 1. The lowest BCUT2D eigenvalue weighted by molar-refractivity contribution is -0.384. The van der Waals surface area contributed by atoms with Crippen LogP contribution in [0.3, 0.4) is 0 Å². The number of rotatable bonds is 3. The number of nitrogen functional groups attached to an aromatic ring is 1. The van der Waals surface area contributed by atoms with E-state index in [1.54, 1.807) is 10.6 Å². The molecule has 0 aliphatic heterocycles. The van der Waals surface area contributed by atoms with Crippen LogP contribution in [-0.2, 0) is 0 Å². The van der Waals surface area contributed by atoms with E-state index in [9.17, 15) is 20.6 Å². The van der Waals surface area contributed by atoms with Crippen molar-refractivity contribution in [2.24, 2.45) is 0 Å². The third-order valence-corrected chi connectivity index (χ3v) is 4.05. The summed E-state index contributed by atoms with van der Waals surface area (Å²) in [6.45, 7) is 1.94. The first-order valence-corrected chi connectivity index (χ1v) is 7.64. The fourth-order valence-electron chi connectivity index (χ4n) is 2.81. The number of hydrogen-bond donors (Lipinski definition) is 1. The largest absolute Gasteiger partial charge is 0.384 e. The van der Waals surface area contributed by atoms with Gasteiger partial charge < -0.3 is 5.73 Å². The number of anilines is 1. The smallest absolute Gasteiger partial charge is 0.270 e. The van der Waals surface area contributed by atoms with Crippen LogP contribution in [0.4, 0.5) is 11.5 Å². The molecule has 3 aromatic rings. The van der Waals surface area contributed by atoms with Crippen molar-refractivity contribution < 1.29 is 4.92 Å². The lowest BCUT2D eigenvalue weighted by Crippen LogP contribution is -2.03. The van der Waals surface area contributed by atoms with Crippen molar-refractivity contribution in [3.05, 3.63) is 75.3 Å². The van der Waals surface area contributed by atoms with Crippen LogP contribution < -0.4 is 5.73 Å². The highest BCUT2D eigenvalue weighted by Crippen LogP contribution is 2.36. The molecule has 0 amide bonds. The summed E-state index contributed by atoms with van der Waals surface area (Å²) in [6, 6.07) is 17.3. The third-order valence-electron chi connectivity index (χ3n) is 4.05. The van der Waals surface area contributed by atoms with Gasteiger partial charge in [0, 0.05) is 23.4 Å². The van der Waals surface area contributed by atoms with Gasteiger partial charge in [-0.15, -0.1) is 0 Å².